The van der Waals surface area contributed by atoms with Gasteiger partial charge in [0.1, 0.15) is 0 Å². The Morgan fingerprint density at radius 3 is 2.22 bits per heavy atom. The van der Waals surface area contributed by atoms with Crippen LogP contribution in [0.5, 0.6) is 0 Å². The minimum Gasteiger partial charge on any atom is -0.391 e. The molecule has 3 N–H and O–H groups in total. The summed E-state index contributed by atoms with van der Waals surface area (Å²) < 4.78 is 0. The average Bonchev–Trinajstić information content (AvgIpc) is 2.68. The fraction of sp³-hybridized carbons (Fsp3) is 0.357. The van der Waals surface area contributed by atoms with Crippen LogP contribution in [0.3, 0.4) is 0 Å². The number of anilines is 1. The topological polar surface area (TPSA) is 59.1 Å². The summed E-state index contributed by atoms with van der Waals surface area (Å²) in [5, 5.41) is 9.93. The van der Waals surface area contributed by atoms with E-state index in [9.17, 15) is 5.11 Å². The number of aryl methyl sites for hydroxylation is 2. The van der Waals surface area contributed by atoms with Crippen LogP contribution in [0.15, 0.2) is 6.07 Å². The molecule has 0 unspecified atom stereocenters. The Labute approximate surface area is 111 Å². The molecule has 0 amide bonds. The largest absolute Gasteiger partial charge is 0.391 e. The Balaban J connectivity index is 2.77. The summed E-state index contributed by atoms with van der Waals surface area (Å²) in [6, 6.07) is 2.18. The zero-order valence-corrected chi connectivity index (χ0v) is 12.0. The minimum absolute atomic E-state index is 0.0178. The summed E-state index contributed by atoms with van der Waals surface area (Å²) in [6.07, 6.45) is 0. The second-order valence-corrected chi connectivity index (χ2v) is 5.73. The number of hydrogen-bond donors (Lipinski definition) is 2. The zero-order chi connectivity index (χ0) is 13.4. The third kappa shape index (κ3) is 2.02. The maximum Gasteiger partial charge on any atom is 0.180 e. The lowest BCUT2D eigenvalue weighted by Crippen LogP contribution is -1.97. The second kappa shape index (κ2) is 4.71. The summed E-state index contributed by atoms with van der Waals surface area (Å²) in [7, 11) is 0. The first-order chi connectivity index (χ1) is 8.45. The van der Waals surface area contributed by atoms with Crippen molar-refractivity contribution in [3.05, 3.63) is 33.2 Å². The van der Waals surface area contributed by atoms with Gasteiger partial charge in [0.05, 0.1) is 17.2 Å². The molecular weight excluding hydrogens is 244 g/mol. The van der Waals surface area contributed by atoms with Crippen molar-refractivity contribution in [2.45, 2.75) is 34.3 Å². The molecule has 0 radical (unpaired) electrons. The highest BCUT2D eigenvalue weighted by molar-refractivity contribution is 7.15. The molecule has 1 aromatic heterocycles. The summed E-state index contributed by atoms with van der Waals surface area (Å²) in [5.41, 5.74) is 12.6. The highest BCUT2D eigenvalue weighted by Crippen LogP contribution is 2.36. The van der Waals surface area contributed by atoms with E-state index in [4.69, 9.17) is 5.73 Å². The van der Waals surface area contributed by atoms with Crippen molar-refractivity contribution in [2.24, 2.45) is 0 Å². The highest BCUT2D eigenvalue weighted by atomic mass is 32.1. The smallest absolute Gasteiger partial charge is 0.180 e. The summed E-state index contributed by atoms with van der Waals surface area (Å²) in [5.74, 6) is 0. The first-order valence-corrected chi connectivity index (χ1v) is 6.71. The van der Waals surface area contributed by atoms with Gasteiger partial charge in [-0.3, -0.25) is 0 Å². The van der Waals surface area contributed by atoms with E-state index in [0.29, 0.717) is 5.13 Å². The van der Waals surface area contributed by atoms with Gasteiger partial charge in [-0.2, -0.15) is 0 Å². The zero-order valence-electron chi connectivity index (χ0n) is 11.2. The Morgan fingerprint density at radius 2 is 1.72 bits per heavy atom. The van der Waals surface area contributed by atoms with Crippen LogP contribution in [0.2, 0.25) is 0 Å². The lowest BCUT2D eigenvalue weighted by Gasteiger charge is -2.14. The van der Waals surface area contributed by atoms with E-state index in [1.54, 1.807) is 0 Å². The predicted octanol–water partition coefficient (Wildman–Crippen LogP) is 3.12. The van der Waals surface area contributed by atoms with E-state index >= 15 is 0 Å². The number of nitrogens with two attached hydrogens (primary N) is 1. The molecular formula is C14H18N2OS. The molecule has 0 aliphatic heterocycles. The molecule has 0 bridgehead atoms. The molecule has 0 aliphatic carbocycles. The van der Waals surface area contributed by atoms with E-state index < -0.39 is 0 Å². The van der Waals surface area contributed by atoms with Gasteiger partial charge in [-0.15, -0.1) is 0 Å². The SMILES string of the molecule is Cc1cc(C)c(C)c(-c2nc(N)sc2CO)c1C. The lowest BCUT2D eigenvalue weighted by atomic mass is 9.92. The van der Waals surface area contributed by atoms with Crippen LogP contribution in [0, 0.1) is 27.7 Å². The quantitative estimate of drug-likeness (QED) is 0.874. The number of hydrogen-bond acceptors (Lipinski definition) is 4. The van der Waals surface area contributed by atoms with Crippen LogP contribution in [-0.4, -0.2) is 10.1 Å². The van der Waals surface area contributed by atoms with Gasteiger partial charge < -0.3 is 10.8 Å². The molecule has 0 fully saturated rings. The fourth-order valence-corrected chi connectivity index (χ4v) is 2.94. The van der Waals surface area contributed by atoms with Gasteiger partial charge in [0.15, 0.2) is 5.13 Å². The van der Waals surface area contributed by atoms with Gasteiger partial charge in [0, 0.05) is 5.56 Å². The monoisotopic (exact) mass is 262 g/mol. The number of thiazole rings is 1. The van der Waals surface area contributed by atoms with Gasteiger partial charge in [-0.25, -0.2) is 4.98 Å². The number of aliphatic hydroxyl groups is 1. The second-order valence-electron chi connectivity index (χ2n) is 4.62. The van der Waals surface area contributed by atoms with Crippen molar-refractivity contribution in [1.82, 2.24) is 4.98 Å². The van der Waals surface area contributed by atoms with Crippen LogP contribution >= 0.6 is 11.3 Å². The van der Waals surface area contributed by atoms with Crippen molar-refractivity contribution in [1.29, 1.82) is 0 Å². The number of rotatable bonds is 2. The average molecular weight is 262 g/mol. The number of nitrogens with zero attached hydrogens (tertiary/aromatic N) is 1. The molecule has 4 heteroatoms. The van der Waals surface area contributed by atoms with E-state index in [1.807, 2.05) is 0 Å². The van der Waals surface area contributed by atoms with Crippen molar-refractivity contribution >= 4 is 16.5 Å². The Hall–Kier alpha value is -1.39. The van der Waals surface area contributed by atoms with Gasteiger partial charge in [0.25, 0.3) is 0 Å². The molecule has 96 valence electrons. The fourth-order valence-electron chi connectivity index (χ4n) is 2.24. The van der Waals surface area contributed by atoms with Crippen molar-refractivity contribution < 1.29 is 5.11 Å². The van der Waals surface area contributed by atoms with Gasteiger partial charge in [0.2, 0.25) is 0 Å². The highest BCUT2D eigenvalue weighted by Gasteiger charge is 2.17. The van der Waals surface area contributed by atoms with Crippen LogP contribution < -0.4 is 5.73 Å². The number of aromatic nitrogens is 1. The van der Waals surface area contributed by atoms with Gasteiger partial charge >= 0.3 is 0 Å². The van der Waals surface area contributed by atoms with Crippen LogP contribution in [0.1, 0.15) is 27.1 Å². The lowest BCUT2D eigenvalue weighted by molar-refractivity contribution is 0.286. The molecule has 0 aliphatic rings. The van der Waals surface area contributed by atoms with E-state index in [-0.39, 0.29) is 6.61 Å². The first-order valence-electron chi connectivity index (χ1n) is 5.89. The summed E-state index contributed by atoms with van der Waals surface area (Å²) >= 11 is 1.35. The van der Waals surface area contributed by atoms with Crippen LogP contribution in [0.25, 0.3) is 11.3 Å². The number of benzene rings is 1. The first kappa shape index (κ1) is 13.1. The third-order valence-corrected chi connectivity index (χ3v) is 4.33. The maximum atomic E-state index is 9.43. The van der Waals surface area contributed by atoms with Crippen LogP contribution in [-0.2, 0) is 6.61 Å². The third-order valence-electron chi connectivity index (χ3n) is 3.46. The molecule has 1 heterocycles. The van der Waals surface area contributed by atoms with E-state index in [2.05, 4.69) is 38.7 Å². The molecule has 1 aromatic carbocycles. The summed E-state index contributed by atoms with van der Waals surface area (Å²) in [4.78, 5) is 5.23. The van der Waals surface area contributed by atoms with E-state index in [1.165, 1.54) is 33.6 Å². The molecule has 0 atom stereocenters. The maximum absolute atomic E-state index is 9.43. The Kier molecular flexibility index (Phi) is 3.41. The van der Waals surface area contributed by atoms with Crippen molar-refractivity contribution in [3.63, 3.8) is 0 Å². The molecule has 2 rings (SSSR count). The molecule has 2 aromatic rings. The van der Waals surface area contributed by atoms with Crippen LogP contribution in [0.4, 0.5) is 5.13 Å². The molecule has 0 saturated heterocycles. The Morgan fingerprint density at radius 1 is 1.17 bits per heavy atom. The van der Waals surface area contributed by atoms with Gasteiger partial charge in [-0.1, -0.05) is 17.4 Å². The van der Waals surface area contributed by atoms with Crippen molar-refractivity contribution in [2.75, 3.05) is 5.73 Å². The number of aliphatic hydroxyl groups excluding tert-OH is 1. The number of nitrogen functional groups attached to an aromatic ring is 1. The minimum atomic E-state index is -0.0178. The Bertz CT molecular complexity index is 576. The summed E-state index contributed by atoms with van der Waals surface area (Å²) in [6.45, 7) is 8.36. The van der Waals surface area contributed by atoms with Gasteiger partial charge in [-0.05, 0) is 49.9 Å². The molecule has 0 spiro atoms. The molecule has 0 saturated carbocycles. The standard InChI is InChI=1S/C14H18N2OS/c1-7-5-8(2)10(4)12(9(7)3)13-11(6-17)18-14(15)16-13/h5,17H,6H2,1-4H3,(H2,15,16). The van der Waals surface area contributed by atoms with E-state index in [0.717, 1.165) is 16.1 Å². The van der Waals surface area contributed by atoms with Crippen molar-refractivity contribution in [3.8, 4) is 11.3 Å². The normalized spacial score (nSPS) is 10.9. The molecule has 3 nitrogen and oxygen atoms in total. The predicted molar refractivity (Wildman–Crippen MR) is 76.8 cm³/mol. The molecule has 18 heavy (non-hydrogen) atoms.